The molecule has 1 heterocycles. The van der Waals surface area contributed by atoms with Crippen LogP contribution < -0.4 is 10.0 Å². The number of piperidine rings is 1. The fourth-order valence-electron chi connectivity index (χ4n) is 4.25. The summed E-state index contributed by atoms with van der Waals surface area (Å²) in [5.74, 6) is -0.224. The van der Waals surface area contributed by atoms with Gasteiger partial charge in [-0.2, -0.15) is 0 Å². The lowest BCUT2D eigenvalue weighted by molar-refractivity contribution is 0.0616. The van der Waals surface area contributed by atoms with E-state index >= 15 is 0 Å². The number of carbonyl (C=O) groups excluding carboxylic acids is 1. The minimum absolute atomic E-state index is 0.0249. The van der Waals surface area contributed by atoms with Crippen molar-refractivity contribution < 1.29 is 13.2 Å². The lowest BCUT2D eigenvalue weighted by atomic mass is 9.78. The molecule has 1 atom stereocenters. The topological polar surface area (TPSA) is 78.5 Å². The predicted molar refractivity (Wildman–Crippen MR) is 121 cm³/mol. The van der Waals surface area contributed by atoms with E-state index in [1.807, 2.05) is 6.07 Å². The van der Waals surface area contributed by atoms with E-state index in [4.69, 9.17) is 0 Å². The van der Waals surface area contributed by atoms with Crippen molar-refractivity contribution in [1.29, 1.82) is 0 Å². The van der Waals surface area contributed by atoms with Gasteiger partial charge in [-0.25, -0.2) is 13.1 Å². The summed E-state index contributed by atoms with van der Waals surface area (Å²) in [6.45, 7) is 7.04. The Morgan fingerprint density at radius 3 is 2.48 bits per heavy atom. The number of sulfonamides is 1. The molecule has 1 saturated carbocycles. The molecular weight excluding hydrogens is 410 g/mol. The third-order valence-corrected chi connectivity index (χ3v) is 7.69. The molecule has 2 fully saturated rings. The van der Waals surface area contributed by atoms with Crippen LogP contribution in [0, 0.1) is 5.41 Å². The number of nitrogens with one attached hydrogen (secondary N) is 2. The molecule has 1 saturated heterocycles. The van der Waals surface area contributed by atoms with E-state index in [0.717, 1.165) is 38.9 Å². The van der Waals surface area contributed by atoms with Gasteiger partial charge in [-0.3, -0.25) is 9.69 Å². The Kier molecular flexibility index (Phi) is 6.19. The van der Waals surface area contributed by atoms with Gasteiger partial charge in [0.1, 0.15) is 0 Å². The highest BCUT2D eigenvalue weighted by Crippen LogP contribution is 2.30. The molecule has 1 aliphatic heterocycles. The van der Waals surface area contributed by atoms with Crippen molar-refractivity contribution in [2.24, 2.45) is 5.41 Å². The normalized spacial score (nSPS) is 21.5. The second-order valence-corrected chi connectivity index (χ2v) is 11.1. The first-order valence-electron chi connectivity index (χ1n) is 10.9. The maximum absolute atomic E-state index is 12.9. The number of nitrogens with zero attached hydrogens (tertiary/aromatic N) is 1. The second-order valence-electron chi connectivity index (χ2n) is 9.42. The minimum atomic E-state index is -3.58. The Bertz CT molecular complexity index is 1030. The summed E-state index contributed by atoms with van der Waals surface area (Å²) in [5.41, 5.74) is 1.57. The van der Waals surface area contributed by atoms with Crippen LogP contribution in [0.15, 0.2) is 59.5 Å². The van der Waals surface area contributed by atoms with E-state index in [0.29, 0.717) is 5.56 Å². The number of carbonyl (C=O) groups is 1. The molecule has 0 unspecified atom stereocenters. The van der Waals surface area contributed by atoms with Crippen molar-refractivity contribution in [3.8, 4) is 0 Å². The first-order valence-corrected chi connectivity index (χ1v) is 12.4. The molecule has 0 spiro atoms. The van der Waals surface area contributed by atoms with Crippen LogP contribution in [-0.2, 0) is 16.6 Å². The summed E-state index contributed by atoms with van der Waals surface area (Å²) in [4.78, 5) is 15.5. The summed E-state index contributed by atoms with van der Waals surface area (Å²) in [6.07, 6.45) is 2.60. The zero-order valence-corrected chi connectivity index (χ0v) is 19.0. The highest BCUT2D eigenvalue weighted by molar-refractivity contribution is 7.89. The van der Waals surface area contributed by atoms with E-state index in [1.165, 1.54) is 17.7 Å². The summed E-state index contributed by atoms with van der Waals surface area (Å²) in [6, 6.07) is 16.8. The van der Waals surface area contributed by atoms with E-state index in [-0.39, 0.29) is 28.3 Å². The molecule has 31 heavy (non-hydrogen) atoms. The summed E-state index contributed by atoms with van der Waals surface area (Å²) >= 11 is 0. The molecule has 2 aromatic rings. The van der Waals surface area contributed by atoms with Crippen LogP contribution >= 0.6 is 0 Å². The number of rotatable bonds is 7. The molecule has 7 heteroatoms. The van der Waals surface area contributed by atoms with Gasteiger partial charge >= 0.3 is 0 Å². The molecule has 2 N–H and O–H groups in total. The molecule has 2 aliphatic rings. The minimum Gasteiger partial charge on any atom is -0.349 e. The highest BCUT2D eigenvalue weighted by atomic mass is 32.2. The highest BCUT2D eigenvalue weighted by Gasteiger charge is 2.37. The lowest BCUT2D eigenvalue weighted by Gasteiger charge is -2.44. The number of hydrogen-bond donors (Lipinski definition) is 2. The van der Waals surface area contributed by atoms with Crippen LogP contribution in [0.3, 0.4) is 0 Å². The Hall–Kier alpha value is -2.22. The van der Waals surface area contributed by atoms with E-state index in [2.05, 4.69) is 53.1 Å². The maximum atomic E-state index is 12.9. The monoisotopic (exact) mass is 441 g/mol. The predicted octanol–water partition coefficient (Wildman–Crippen LogP) is 3.16. The van der Waals surface area contributed by atoms with Gasteiger partial charge in [-0.1, -0.05) is 50.2 Å². The summed E-state index contributed by atoms with van der Waals surface area (Å²) < 4.78 is 27.6. The van der Waals surface area contributed by atoms with Gasteiger partial charge in [0.2, 0.25) is 10.0 Å². The van der Waals surface area contributed by atoms with Crippen LogP contribution in [0.25, 0.3) is 0 Å². The van der Waals surface area contributed by atoms with E-state index < -0.39 is 10.0 Å². The van der Waals surface area contributed by atoms with Gasteiger partial charge in [-0.05, 0) is 48.4 Å². The molecule has 4 rings (SSSR count). The van der Waals surface area contributed by atoms with Gasteiger partial charge in [0, 0.05) is 37.3 Å². The Morgan fingerprint density at radius 1 is 1.06 bits per heavy atom. The van der Waals surface area contributed by atoms with E-state index in [1.54, 1.807) is 12.1 Å². The van der Waals surface area contributed by atoms with Crippen molar-refractivity contribution in [1.82, 2.24) is 14.9 Å². The summed E-state index contributed by atoms with van der Waals surface area (Å²) in [7, 11) is -3.58. The zero-order chi connectivity index (χ0) is 22.1. The van der Waals surface area contributed by atoms with Gasteiger partial charge < -0.3 is 5.32 Å². The zero-order valence-electron chi connectivity index (χ0n) is 18.2. The van der Waals surface area contributed by atoms with Crippen molar-refractivity contribution >= 4 is 15.9 Å². The van der Waals surface area contributed by atoms with Crippen LogP contribution in [-0.4, -0.2) is 44.4 Å². The standard InChI is InChI=1S/C24H31N3O3S/c1-24(2)17-27(16-18-7-4-3-5-8-18)14-13-22(24)25-23(28)19-9-6-10-21(15-19)31(29,30)26-20-11-12-20/h3-10,15,20,22,26H,11-14,16-17H2,1-2H3,(H,25,28)/t22-/m0/s1. The largest absolute Gasteiger partial charge is 0.349 e. The fraction of sp³-hybridized carbons (Fsp3) is 0.458. The number of hydrogen-bond acceptors (Lipinski definition) is 4. The molecule has 6 nitrogen and oxygen atoms in total. The average molecular weight is 442 g/mol. The molecule has 0 radical (unpaired) electrons. The quantitative estimate of drug-likeness (QED) is 0.692. The molecule has 2 aromatic carbocycles. The van der Waals surface area contributed by atoms with Crippen LogP contribution in [0.4, 0.5) is 0 Å². The molecule has 0 aromatic heterocycles. The number of benzene rings is 2. The second kappa shape index (κ2) is 8.73. The van der Waals surface area contributed by atoms with Crippen molar-refractivity contribution in [3.05, 3.63) is 65.7 Å². The van der Waals surface area contributed by atoms with Gasteiger partial charge in [-0.15, -0.1) is 0 Å². The molecule has 1 aliphatic carbocycles. The van der Waals surface area contributed by atoms with Crippen molar-refractivity contribution in [2.75, 3.05) is 13.1 Å². The lowest BCUT2D eigenvalue weighted by Crippen LogP contribution is -2.55. The third-order valence-electron chi connectivity index (χ3n) is 6.17. The SMILES string of the molecule is CC1(C)CN(Cc2ccccc2)CC[C@@H]1NC(=O)c1cccc(S(=O)(=O)NC2CC2)c1. The molecule has 166 valence electrons. The van der Waals surface area contributed by atoms with Gasteiger partial charge in [0.15, 0.2) is 0 Å². The first-order chi connectivity index (χ1) is 14.7. The van der Waals surface area contributed by atoms with Crippen LogP contribution in [0.2, 0.25) is 0 Å². The Balaban J connectivity index is 1.40. The molecule has 1 amide bonds. The summed E-state index contributed by atoms with van der Waals surface area (Å²) in [5, 5.41) is 3.16. The first kappa shape index (κ1) is 22.0. The number of amides is 1. The maximum Gasteiger partial charge on any atom is 0.251 e. The molecular formula is C24H31N3O3S. The fourth-order valence-corrected chi connectivity index (χ4v) is 5.60. The van der Waals surface area contributed by atoms with Crippen molar-refractivity contribution in [2.45, 2.75) is 56.6 Å². The van der Waals surface area contributed by atoms with Gasteiger partial charge in [0.25, 0.3) is 5.91 Å². The Labute approximate surface area is 185 Å². The smallest absolute Gasteiger partial charge is 0.251 e. The third kappa shape index (κ3) is 5.53. The van der Waals surface area contributed by atoms with Crippen LogP contribution in [0.1, 0.15) is 49.0 Å². The molecule has 0 bridgehead atoms. The van der Waals surface area contributed by atoms with Crippen molar-refractivity contribution in [3.63, 3.8) is 0 Å². The van der Waals surface area contributed by atoms with Gasteiger partial charge in [0.05, 0.1) is 4.90 Å². The van der Waals surface area contributed by atoms with Crippen LogP contribution in [0.5, 0.6) is 0 Å². The number of likely N-dealkylation sites (tertiary alicyclic amines) is 1. The Morgan fingerprint density at radius 2 is 1.81 bits per heavy atom. The average Bonchev–Trinajstić information content (AvgIpc) is 3.54. The van der Waals surface area contributed by atoms with E-state index in [9.17, 15) is 13.2 Å².